The van der Waals surface area contributed by atoms with Gasteiger partial charge in [-0.05, 0) is 24.8 Å². The Morgan fingerprint density at radius 2 is 2.00 bits per heavy atom. The van der Waals surface area contributed by atoms with Crippen LogP contribution in [0.3, 0.4) is 0 Å². The first kappa shape index (κ1) is 14.9. The molecule has 0 saturated heterocycles. The van der Waals surface area contributed by atoms with Crippen LogP contribution >= 0.6 is 0 Å². The Balaban J connectivity index is 1.97. The molecular formula is C16H24N2O2. The smallest absolute Gasteiger partial charge is 0.315 e. The van der Waals surface area contributed by atoms with Crippen molar-refractivity contribution in [1.29, 1.82) is 0 Å². The molecule has 0 unspecified atom stereocenters. The minimum absolute atomic E-state index is 0.0485. The molecule has 1 fully saturated rings. The number of benzene rings is 1. The molecule has 2 amide bonds. The van der Waals surface area contributed by atoms with Gasteiger partial charge in [0.05, 0.1) is 18.7 Å². The van der Waals surface area contributed by atoms with Crippen molar-refractivity contribution in [3.8, 4) is 0 Å². The van der Waals surface area contributed by atoms with Gasteiger partial charge in [0.25, 0.3) is 0 Å². The first-order valence-corrected chi connectivity index (χ1v) is 7.42. The summed E-state index contributed by atoms with van der Waals surface area (Å²) in [7, 11) is 0. The van der Waals surface area contributed by atoms with Crippen LogP contribution in [0.1, 0.15) is 44.2 Å². The fraction of sp³-hybridized carbons (Fsp3) is 0.562. The van der Waals surface area contributed by atoms with E-state index in [1.54, 1.807) is 6.92 Å². The zero-order valence-corrected chi connectivity index (χ0v) is 12.0. The molecule has 1 aromatic rings. The summed E-state index contributed by atoms with van der Waals surface area (Å²) >= 11 is 0. The normalized spacial score (nSPS) is 17.9. The topological polar surface area (TPSA) is 61.4 Å². The number of hydrogen-bond acceptors (Lipinski definition) is 2. The van der Waals surface area contributed by atoms with Gasteiger partial charge in [-0.1, -0.05) is 49.6 Å². The van der Waals surface area contributed by atoms with Crippen molar-refractivity contribution in [3.05, 3.63) is 35.9 Å². The number of urea groups is 1. The summed E-state index contributed by atoms with van der Waals surface area (Å²) in [5.41, 5.74) is 1.14. The second-order valence-corrected chi connectivity index (χ2v) is 5.70. The van der Waals surface area contributed by atoms with Crippen molar-refractivity contribution < 1.29 is 9.90 Å². The van der Waals surface area contributed by atoms with E-state index in [1.807, 2.05) is 18.2 Å². The lowest BCUT2D eigenvalue weighted by molar-refractivity contribution is 0.210. The van der Waals surface area contributed by atoms with E-state index in [0.717, 1.165) is 17.9 Å². The van der Waals surface area contributed by atoms with Crippen LogP contribution in [0.5, 0.6) is 0 Å². The number of aliphatic hydroxyl groups excluding tert-OH is 1. The summed E-state index contributed by atoms with van der Waals surface area (Å²) < 4.78 is 0. The molecule has 1 aliphatic carbocycles. The Morgan fingerprint density at radius 1 is 1.30 bits per heavy atom. The van der Waals surface area contributed by atoms with E-state index in [1.165, 1.54) is 19.3 Å². The van der Waals surface area contributed by atoms with E-state index in [9.17, 15) is 4.79 Å². The van der Waals surface area contributed by atoms with Gasteiger partial charge in [-0.25, -0.2) is 4.79 Å². The number of carbonyl (C=O) groups excluding carboxylic acids is 1. The lowest BCUT2D eigenvalue weighted by Gasteiger charge is -2.30. The third kappa shape index (κ3) is 4.23. The van der Waals surface area contributed by atoms with E-state index in [4.69, 9.17) is 5.11 Å². The summed E-state index contributed by atoms with van der Waals surface area (Å²) in [6.45, 7) is 1.73. The highest BCUT2D eigenvalue weighted by Crippen LogP contribution is 2.34. The van der Waals surface area contributed by atoms with E-state index in [0.29, 0.717) is 0 Å². The van der Waals surface area contributed by atoms with Crippen LogP contribution in [0, 0.1) is 5.92 Å². The lowest BCUT2D eigenvalue weighted by Crippen LogP contribution is -2.44. The van der Waals surface area contributed by atoms with Gasteiger partial charge in [-0.3, -0.25) is 0 Å². The van der Waals surface area contributed by atoms with Crippen molar-refractivity contribution in [2.45, 2.75) is 44.7 Å². The molecule has 2 rings (SSSR count). The monoisotopic (exact) mass is 276 g/mol. The third-order valence-electron chi connectivity index (χ3n) is 3.95. The lowest BCUT2D eigenvalue weighted by atomic mass is 9.79. The van der Waals surface area contributed by atoms with Gasteiger partial charge in [0.2, 0.25) is 0 Å². The number of rotatable bonds is 6. The van der Waals surface area contributed by atoms with E-state index in [2.05, 4.69) is 22.8 Å². The van der Waals surface area contributed by atoms with Crippen molar-refractivity contribution in [3.63, 3.8) is 0 Å². The summed E-state index contributed by atoms with van der Waals surface area (Å²) in [5, 5.41) is 14.8. The molecule has 0 bridgehead atoms. The minimum Gasteiger partial charge on any atom is -0.394 e. The Bertz CT molecular complexity index is 418. The molecule has 2 atom stereocenters. The maximum atomic E-state index is 12.0. The average Bonchev–Trinajstić information content (AvgIpc) is 2.42. The van der Waals surface area contributed by atoms with Gasteiger partial charge in [0.1, 0.15) is 0 Å². The second kappa shape index (κ2) is 7.29. The van der Waals surface area contributed by atoms with Gasteiger partial charge in [-0.15, -0.1) is 0 Å². The summed E-state index contributed by atoms with van der Waals surface area (Å²) in [4.78, 5) is 12.0. The van der Waals surface area contributed by atoms with Crippen LogP contribution in [-0.2, 0) is 0 Å². The highest BCUT2D eigenvalue weighted by atomic mass is 16.3. The van der Waals surface area contributed by atoms with Crippen molar-refractivity contribution in [2.24, 2.45) is 5.92 Å². The number of carbonyl (C=O) groups is 1. The summed E-state index contributed by atoms with van der Waals surface area (Å²) in [5.74, 6) is 0.718. The molecule has 4 nitrogen and oxygen atoms in total. The molecule has 0 aromatic heterocycles. The molecule has 1 aromatic carbocycles. The standard InChI is InChI=1S/C16H24N2O2/c1-12(11-19)17-16(20)18-15(10-13-6-5-7-13)14-8-3-2-4-9-14/h2-4,8-9,12-13,15,19H,5-7,10-11H2,1H3,(H2,17,18,20)/t12-,15-/m0/s1. The van der Waals surface area contributed by atoms with E-state index in [-0.39, 0.29) is 24.7 Å². The molecule has 1 saturated carbocycles. The van der Waals surface area contributed by atoms with Crippen LogP contribution in [0.4, 0.5) is 4.79 Å². The van der Waals surface area contributed by atoms with Crippen LogP contribution < -0.4 is 10.6 Å². The number of amides is 2. The fourth-order valence-corrected chi connectivity index (χ4v) is 2.49. The first-order chi connectivity index (χ1) is 9.69. The number of nitrogens with one attached hydrogen (secondary N) is 2. The Kier molecular flexibility index (Phi) is 5.41. The largest absolute Gasteiger partial charge is 0.394 e. The summed E-state index contributed by atoms with van der Waals surface area (Å²) in [6, 6.07) is 9.70. The van der Waals surface area contributed by atoms with Crippen LogP contribution in [0.15, 0.2) is 30.3 Å². The second-order valence-electron chi connectivity index (χ2n) is 5.70. The highest BCUT2D eigenvalue weighted by Gasteiger charge is 2.24. The average molecular weight is 276 g/mol. The SMILES string of the molecule is C[C@@H](CO)NC(=O)N[C@@H](CC1CCC1)c1ccccc1. The molecule has 1 aliphatic rings. The molecule has 0 aliphatic heterocycles. The Labute approximate surface area is 120 Å². The third-order valence-corrected chi connectivity index (χ3v) is 3.95. The predicted molar refractivity (Wildman–Crippen MR) is 79.4 cm³/mol. The Morgan fingerprint density at radius 3 is 2.55 bits per heavy atom. The number of aliphatic hydroxyl groups is 1. The molecule has 110 valence electrons. The van der Waals surface area contributed by atoms with Gasteiger partial charge in [-0.2, -0.15) is 0 Å². The van der Waals surface area contributed by atoms with Gasteiger partial charge in [0, 0.05) is 0 Å². The molecular weight excluding hydrogens is 252 g/mol. The predicted octanol–water partition coefficient (Wildman–Crippen LogP) is 2.60. The minimum atomic E-state index is -0.227. The van der Waals surface area contributed by atoms with Crippen LogP contribution in [0.25, 0.3) is 0 Å². The molecule has 0 radical (unpaired) electrons. The van der Waals surface area contributed by atoms with E-state index >= 15 is 0 Å². The molecule has 0 heterocycles. The fourth-order valence-electron chi connectivity index (χ4n) is 2.49. The zero-order chi connectivity index (χ0) is 14.4. The number of hydrogen-bond donors (Lipinski definition) is 3. The molecule has 0 spiro atoms. The Hall–Kier alpha value is -1.55. The first-order valence-electron chi connectivity index (χ1n) is 7.42. The van der Waals surface area contributed by atoms with Gasteiger partial charge < -0.3 is 15.7 Å². The van der Waals surface area contributed by atoms with Crippen LogP contribution in [-0.4, -0.2) is 23.8 Å². The maximum Gasteiger partial charge on any atom is 0.315 e. The maximum absolute atomic E-state index is 12.0. The van der Waals surface area contributed by atoms with Gasteiger partial charge in [0.15, 0.2) is 0 Å². The zero-order valence-electron chi connectivity index (χ0n) is 12.0. The van der Waals surface area contributed by atoms with Crippen molar-refractivity contribution in [1.82, 2.24) is 10.6 Å². The molecule has 4 heteroatoms. The highest BCUT2D eigenvalue weighted by molar-refractivity contribution is 5.74. The molecule has 3 N–H and O–H groups in total. The van der Waals surface area contributed by atoms with E-state index < -0.39 is 0 Å². The van der Waals surface area contributed by atoms with Crippen LogP contribution in [0.2, 0.25) is 0 Å². The molecule has 20 heavy (non-hydrogen) atoms. The van der Waals surface area contributed by atoms with Crippen molar-refractivity contribution in [2.75, 3.05) is 6.61 Å². The summed E-state index contributed by atoms with van der Waals surface area (Å²) in [6.07, 6.45) is 4.82. The van der Waals surface area contributed by atoms with Gasteiger partial charge >= 0.3 is 6.03 Å². The quantitative estimate of drug-likeness (QED) is 0.748. The van der Waals surface area contributed by atoms with Crippen molar-refractivity contribution >= 4 is 6.03 Å².